The van der Waals surface area contributed by atoms with E-state index in [1.54, 1.807) is 12.1 Å². The van der Waals surface area contributed by atoms with Crippen molar-refractivity contribution in [1.29, 1.82) is 0 Å². The maximum atomic E-state index is 13.3. The minimum Gasteiger partial charge on any atom is -0.206 e. The Hall–Kier alpha value is -0.0500. The van der Waals surface area contributed by atoms with Crippen LogP contribution in [-0.2, 0) is 0 Å². The van der Waals surface area contributed by atoms with Crippen LogP contribution in [-0.4, -0.2) is 5.88 Å². The van der Waals surface area contributed by atoms with E-state index in [9.17, 15) is 4.39 Å². The first-order valence-corrected chi connectivity index (χ1v) is 5.72. The fourth-order valence-corrected chi connectivity index (χ4v) is 2.01. The third-order valence-corrected chi connectivity index (χ3v) is 2.70. The Balaban J connectivity index is 2.96. The second kappa shape index (κ2) is 5.74. The lowest BCUT2D eigenvalue weighted by Crippen LogP contribution is -1.84. The molecule has 14 heavy (non-hydrogen) atoms. The first-order chi connectivity index (χ1) is 6.65. The van der Waals surface area contributed by atoms with Gasteiger partial charge in [-0.2, -0.15) is 0 Å². The molecule has 0 N–H and O–H groups in total. The Bertz CT molecular complexity index is 327. The van der Waals surface area contributed by atoms with E-state index in [4.69, 9.17) is 23.2 Å². The minimum absolute atomic E-state index is 0.338. The third-order valence-electron chi connectivity index (χ3n) is 1.60. The van der Waals surface area contributed by atoms with Gasteiger partial charge in [0.25, 0.3) is 0 Å². The van der Waals surface area contributed by atoms with E-state index < -0.39 is 0 Å². The molecule has 0 saturated carbocycles. The number of allylic oxidation sites excluding steroid dienone is 1. The molecule has 0 bridgehead atoms. The van der Waals surface area contributed by atoms with Gasteiger partial charge in [-0.3, -0.25) is 0 Å². The summed E-state index contributed by atoms with van der Waals surface area (Å²) in [5, 5.41) is 0.379. The van der Waals surface area contributed by atoms with Crippen molar-refractivity contribution in [2.24, 2.45) is 0 Å². The molecular formula is C10H8BrCl2F. The van der Waals surface area contributed by atoms with Crippen LogP contribution in [0.25, 0.3) is 6.08 Å². The van der Waals surface area contributed by atoms with Gasteiger partial charge in [-0.1, -0.05) is 39.7 Å². The van der Waals surface area contributed by atoms with E-state index in [2.05, 4.69) is 15.9 Å². The van der Waals surface area contributed by atoms with Crippen LogP contribution in [0.5, 0.6) is 0 Å². The Morgan fingerprint density at radius 1 is 1.43 bits per heavy atom. The fraction of sp³-hybridized carbons (Fsp3) is 0.200. The Kier molecular flexibility index (Phi) is 4.93. The van der Waals surface area contributed by atoms with Crippen LogP contribution in [0.4, 0.5) is 4.39 Å². The van der Waals surface area contributed by atoms with Gasteiger partial charge < -0.3 is 0 Å². The van der Waals surface area contributed by atoms with Crippen molar-refractivity contribution < 1.29 is 4.39 Å². The molecule has 1 rings (SSSR count). The van der Waals surface area contributed by atoms with Crippen LogP contribution >= 0.6 is 39.1 Å². The quantitative estimate of drug-likeness (QED) is 0.697. The zero-order valence-corrected chi connectivity index (χ0v) is 10.3. The summed E-state index contributed by atoms with van der Waals surface area (Å²) in [6.45, 7) is 0. The Morgan fingerprint density at radius 3 is 2.71 bits per heavy atom. The van der Waals surface area contributed by atoms with Gasteiger partial charge in [0.05, 0.1) is 0 Å². The number of hydrogen-bond acceptors (Lipinski definition) is 0. The van der Waals surface area contributed by atoms with Gasteiger partial charge in [-0.25, -0.2) is 4.39 Å². The highest BCUT2D eigenvalue weighted by Crippen LogP contribution is 2.25. The van der Waals surface area contributed by atoms with E-state index in [1.807, 2.05) is 6.08 Å². The number of halogens is 4. The lowest BCUT2D eigenvalue weighted by atomic mass is 10.2. The van der Waals surface area contributed by atoms with Crippen LogP contribution in [0.3, 0.4) is 0 Å². The second-order valence-electron chi connectivity index (χ2n) is 2.66. The van der Waals surface area contributed by atoms with E-state index in [-0.39, 0.29) is 5.82 Å². The van der Waals surface area contributed by atoms with Gasteiger partial charge in [0.15, 0.2) is 0 Å². The average molecular weight is 298 g/mol. The Morgan fingerprint density at radius 2 is 2.14 bits per heavy atom. The SMILES string of the molecule is Fc1cc(Cl)cc(Br)c1C=CCCCl. The van der Waals surface area contributed by atoms with Crippen molar-refractivity contribution in [3.05, 3.63) is 39.1 Å². The van der Waals surface area contributed by atoms with Gasteiger partial charge >= 0.3 is 0 Å². The summed E-state index contributed by atoms with van der Waals surface area (Å²) in [6.07, 6.45) is 4.23. The molecule has 0 spiro atoms. The molecule has 1 aromatic carbocycles. The molecule has 0 aliphatic heterocycles. The van der Waals surface area contributed by atoms with Crippen molar-refractivity contribution >= 4 is 45.2 Å². The van der Waals surface area contributed by atoms with Crippen molar-refractivity contribution in [3.63, 3.8) is 0 Å². The number of rotatable bonds is 3. The third kappa shape index (κ3) is 3.26. The molecule has 1 aromatic rings. The standard InChI is InChI=1S/C10H8BrCl2F/c11-9-5-7(13)6-10(14)8(9)3-1-2-4-12/h1,3,5-6H,2,4H2. The first kappa shape index (κ1) is 12.0. The van der Waals surface area contributed by atoms with Crippen LogP contribution < -0.4 is 0 Å². The van der Waals surface area contributed by atoms with Gasteiger partial charge in [0, 0.05) is 20.9 Å². The van der Waals surface area contributed by atoms with E-state index in [0.717, 1.165) is 6.42 Å². The van der Waals surface area contributed by atoms with Gasteiger partial charge in [-0.15, -0.1) is 11.6 Å². The second-order valence-corrected chi connectivity index (χ2v) is 4.33. The Labute approximate surface area is 101 Å². The zero-order valence-electron chi connectivity index (χ0n) is 7.24. The summed E-state index contributed by atoms with van der Waals surface area (Å²) in [4.78, 5) is 0. The van der Waals surface area contributed by atoms with Gasteiger partial charge in [-0.05, 0) is 18.6 Å². The summed E-state index contributed by atoms with van der Waals surface area (Å²) in [5.74, 6) is 0.193. The highest BCUT2D eigenvalue weighted by atomic mass is 79.9. The highest BCUT2D eigenvalue weighted by molar-refractivity contribution is 9.10. The molecule has 0 amide bonds. The van der Waals surface area contributed by atoms with Crippen LogP contribution in [0.15, 0.2) is 22.7 Å². The molecule has 4 heteroatoms. The summed E-state index contributed by atoms with van der Waals surface area (Å²) in [6, 6.07) is 2.94. The summed E-state index contributed by atoms with van der Waals surface area (Å²) in [5.41, 5.74) is 0.500. The van der Waals surface area contributed by atoms with Crippen LogP contribution in [0.2, 0.25) is 5.02 Å². The summed E-state index contributed by atoms with van der Waals surface area (Å²) < 4.78 is 14.0. The normalized spacial score (nSPS) is 11.1. The lowest BCUT2D eigenvalue weighted by Gasteiger charge is -2.01. The highest BCUT2D eigenvalue weighted by Gasteiger charge is 2.04. The summed E-state index contributed by atoms with van der Waals surface area (Å²) in [7, 11) is 0. The lowest BCUT2D eigenvalue weighted by molar-refractivity contribution is 0.624. The molecule has 0 saturated heterocycles. The minimum atomic E-state index is -0.338. The molecule has 0 aromatic heterocycles. The maximum absolute atomic E-state index is 13.3. The average Bonchev–Trinajstić information content (AvgIpc) is 2.09. The smallest absolute Gasteiger partial charge is 0.133 e. The van der Waals surface area contributed by atoms with Gasteiger partial charge in [0.2, 0.25) is 0 Å². The predicted octanol–water partition coefficient (Wildman–Crippen LogP) is 4.88. The largest absolute Gasteiger partial charge is 0.206 e. The molecule has 0 unspecified atom stereocenters. The predicted molar refractivity (Wildman–Crippen MR) is 63.5 cm³/mol. The van der Waals surface area contributed by atoms with E-state index >= 15 is 0 Å². The van der Waals surface area contributed by atoms with E-state index in [0.29, 0.717) is 20.9 Å². The molecule has 0 aliphatic carbocycles. The van der Waals surface area contributed by atoms with Crippen LogP contribution in [0.1, 0.15) is 12.0 Å². The number of hydrogen-bond donors (Lipinski definition) is 0. The van der Waals surface area contributed by atoms with E-state index in [1.165, 1.54) is 6.07 Å². The maximum Gasteiger partial charge on any atom is 0.133 e. The zero-order chi connectivity index (χ0) is 10.6. The molecule has 0 atom stereocenters. The number of benzene rings is 1. The van der Waals surface area contributed by atoms with Gasteiger partial charge in [0.1, 0.15) is 5.82 Å². The first-order valence-electron chi connectivity index (χ1n) is 4.02. The number of alkyl halides is 1. The summed E-state index contributed by atoms with van der Waals surface area (Å²) >= 11 is 14.4. The molecule has 0 fully saturated rings. The molecule has 0 aliphatic rings. The fourth-order valence-electron chi connectivity index (χ4n) is 0.977. The monoisotopic (exact) mass is 296 g/mol. The van der Waals surface area contributed by atoms with Crippen molar-refractivity contribution in [1.82, 2.24) is 0 Å². The van der Waals surface area contributed by atoms with Crippen LogP contribution in [0, 0.1) is 5.82 Å². The van der Waals surface area contributed by atoms with Crippen molar-refractivity contribution in [2.45, 2.75) is 6.42 Å². The van der Waals surface area contributed by atoms with Crippen molar-refractivity contribution in [2.75, 3.05) is 5.88 Å². The molecule has 0 radical (unpaired) electrons. The molecular weight excluding hydrogens is 290 g/mol. The molecule has 0 nitrogen and oxygen atoms in total. The molecule has 76 valence electrons. The topological polar surface area (TPSA) is 0 Å². The molecule has 0 heterocycles. The van der Waals surface area contributed by atoms with Crippen molar-refractivity contribution in [3.8, 4) is 0 Å².